The SMILES string of the molecule is O=[N+]([O-])c1ccc(C(Cl)(Cl)OP(=O)(OC(Cl)Cl)OC(Cl)(Cl)c2ccc([N+](=O)[O-])cc2C2CCCC2)cc1. The minimum absolute atomic E-state index is 0.0477. The van der Waals surface area contributed by atoms with Crippen molar-refractivity contribution >= 4 is 88.8 Å². The lowest BCUT2D eigenvalue weighted by Crippen LogP contribution is -2.23. The third-order valence-electron chi connectivity index (χ3n) is 5.43. The number of phosphoric ester groups is 1. The van der Waals surface area contributed by atoms with E-state index in [-0.39, 0.29) is 28.4 Å². The molecule has 1 aliphatic carbocycles. The zero-order valence-electron chi connectivity index (χ0n) is 18.4. The van der Waals surface area contributed by atoms with Crippen molar-refractivity contribution in [2.45, 2.75) is 45.7 Å². The summed E-state index contributed by atoms with van der Waals surface area (Å²) < 4.78 is 24.2. The molecule has 1 aliphatic rings. The van der Waals surface area contributed by atoms with E-state index in [0.717, 1.165) is 43.2 Å². The maximum Gasteiger partial charge on any atom is 0.483 e. The second-order valence-electron chi connectivity index (χ2n) is 7.84. The summed E-state index contributed by atoms with van der Waals surface area (Å²) in [5, 5.41) is 20.5. The van der Waals surface area contributed by atoms with Crippen molar-refractivity contribution in [2.24, 2.45) is 0 Å². The van der Waals surface area contributed by atoms with Crippen molar-refractivity contribution in [2.75, 3.05) is 0 Å². The fourth-order valence-electron chi connectivity index (χ4n) is 3.82. The molecule has 202 valence electrons. The first-order chi connectivity index (χ1) is 17.1. The Morgan fingerprint density at radius 1 is 0.865 bits per heavy atom. The highest BCUT2D eigenvalue weighted by atomic mass is 35.5. The van der Waals surface area contributed by atoms with E-state index >= 15 is 0 Å². The Kier molecular flexibility index (Phi) is 10.0. The van der Waals surface area contributed by atoms with Gasteiger partial charge >= 0.3 is 7.82 Å². The summed E-state index contributed by atoms with van der Waals surface area (Å²) in [6.45, 7) is 0. The van der Waals surface area contributed by atoms with Crippen LogP contribution in [0.15, 0.2) is 42.5 Å². The molecule has 0 saturated heterocycles. The predicted molar refractivity (Wildman–Crippen MR) is 141 cm³/mol. The summed E-state index contributed by atoms with van der Waals surface area (Å²) in [6, 6.07) is 8.18. The van der Waals surface area contributed by atoms with Crippen LogP contribution in [0.25, 0.3) is 0 Å². The summed E-state index contributed by atoms with van der Waals surface area (Å²) in [4.78, 5) is 21.0. The van der Waals surface area contributed by atoms with Gasteiger partial charge in [-0.15, -0.1) is 0 Å². The van der Waals surface area contributed by atoms with Gasteiger partial charge < -0.3 is 0 Å². The zero-order valence-corrected chi connectivity index (χ0v) is 23.8. The molecule has 0 radical (unpaired) electrons. The number of benzene rings is 2. The van der Waals surface area contributed by atoms with Gasteiger partial charge in [0.05, 0.1) is 9.85 Å². The van der Waals surface area contributed by atoms with Crippen molar-refractivity contribution in [1.82, 2.24) is 0 Å². The van der Waals surface area contributed by atoms with Crippen LogP contribution in [0.1, 0.15) is 48.3 Å². The van der Waals surface area contributed by atoms with Crippen LogP contribution < -0.4 is 0 Å². The van der Waals surface area contributed by atoms with Crippen molar-refractivity contribution < 1.29 is 28.0 Å². The second kappa shape index (κ2) is 12.1. The Morgan fingerprint density at radius 2 is 1.38 bits per heavy atom. The van der Waals surface area contributed by atoms with E-state index < -0.39 is 31.7 Å². The minimum Gasteiger partial charge on any atom is -0.258 e. The van der Waals surface area contributed by atoms with Crippen molar-refractivity contribution in [1.29, 1.82) is 0 Å². The molecular formula is C20H17Cl6N2O8P. The molecule has 17 heteroatoms. The normalized spacial score (nSPS) is 16.6. The van der Waals surface area contributed by atoms with Crippen LogP contribution in [0.5, 0.6) is 0 Å². The molecule has 1 unspecified atom stereocenters. The standard InChI is InChI=1S/C20H17Cl6N2O8P/c21-18(22)34-37(33,35-19(23,24)13-5-7-14(8-6-13)27(29)30)36-20(25,26)17-10-9-15(28(31)32)11-16(17)12-3-1-2-4-12/h5-12,18H,1-4H2. The fraction of sp³-hybridized carbons (Fsp3) is 0.400. The summed E-state index contributed by atoms with van der Waals surface area (Å²) >= 11 is 36.7. The molecule has 2 aromatic carbocycles. The highest BCUT2D eigenvalue weighted by Gasteiger charge is 2.48. The van der Waals surface area contributed by atoms with E-state index in [2.05, 4.69) is 0 Å². The average Bonchev–Trinajstić information content (AvgIpc) is 3.32. The number of nitro benzene ring substituents is 2. The molecule has 2 aromatic rings. The van der Waals surface area contributed by atoms with Crippen molar-refractivity contribution in [3.63, 3.8) is 0 Å². The quantitative estimate of drug-likeness (QED) is 0.101. The number of nitrogens with zero attached hydrogens (tertiary/aromatic N) is 2. The smallest absolute Gasteiger partial charge is 0.258 e. The predicted octanol–water partition coefficient (Wildman–Crippen LogP) is 8.96. The van der Waals surface area contributed by atoms with Gasteiger partial charge in [-0.1, -0.05) is 82.4 Å². The van der Waals surface area contributed by atoms with Crippen molar-refractivity contribution in [3.05, 3.63) is 79.4 Å². The number of rotatable bonds is 11. The van der Waals surface area contributed by atoms with Gasteiger partial charge in [-0.3, -0.25) is 24.8 Å². The molecule has 0 heterocycles. The fourth-order valence-corrected chi connectivity index (χ4v) is 7.10. The van der Waals surface area contributed by atoms with E-state index in [1.165, 1.54) is 12.1 Å². The lowest BCUT2D eigenvalue weighted by Gasteiger charge is -2.31. The van der Waals surface area contributed by atoms with Crippen LogP contribution in [-0.2, 0) is 27.2 Å². The second-order valence-corrected chi connectivity index (χ2v) is 12.8. The first-order valence-corrected chi connectivity index (χ1v) is 14.3. The monoisotopic (exact) mass is 654 g/mol. The molecule has 1 atom stereocenters. The molecule has 37 heavy (non-hydrogen) atoms. The lowest BCUT2D eigenvalue weighted by molar-refractivity contribution is -0.385. The molecule has 0 N–H and O–H groups in total. The van der Waals surface area contributed by atoms with E-state index in [1.807, 2.05) is 0 Å². The molecule has 0 aliphatic heterocycles. The van der Waals surface area contributed by atoms with Gasteiger partial charge in [-0.05, 0) is 42.5 Å². The average molecular weight is 657 g/mol. The van der Waals surface area contributed by atoms with Crippen LogP contribution >= 0.6 is 77.4 Å². The molecule has 0 spiro atoms. The Morgan fingerprint density at radius 3 is 1.89 bits per heavy atom. The van der Waals surface area contributed by atoms with Crippen molar-refractivity contribution in [3.8, 4) is 0 Å². The van der Waals surface area contributed by atoms with Crippen LogP contribution in [0, 0.1) is 20.2 Å². The highest BCUT2D eigenvalue weighted by molar-refractivity contribution is 7.49. The Hall–Kier alpha value is -0.910. The Balaban J connectivity index is 1.98. The number of hydrogen-bond acceptors (Lipinski definition) is 8. The molecule has 0 aromatic heterocycles. The van der Waals surface area contributed by atoms with Gasteiger partial charge in [0.1, 0.15) is 0 Å². The molecule has 10 nitrogen and oxygen atoms in total. The molecular weight excluding hydrogens is 640 g/mol. The number of alkyl halides is 6. The van der Waals surface area contributed by atoms with Gasteiger partial charge in [0.15, 0.2) is 0 Å². The van der Waals surface area contributed by atoms with E-state index in [4.69, 9.17) is 83.2 Å². The molecule has 1 saturated carbocycles. The summed E-state index contributed by atoms with van der Waals surface area (Å²) in [7, 11) is -5.02. The highest BCUT2D eigenvalue weighted by Crippen LogP contribution is 2.64. The number of nitro groups is 2. The van der Waals surface area contributed by atoms with Crippen LogP contribution in [0.2, 0.25) is 0 Å². The topological polar surface area (TPSA) is 131 Å². The van der Waals surface area contributed by atoms with E-state index in [0.29, 0.717) is 18.4 Å². The van der Waals surface area contributed by atoms with Gasteiger partial charge in [0.2, 0.25) is 5.02 Å². The number of halogens is 6. The Labute approximate surface area is 240 Å². The van der Waals surface area contributed by atoms with Gasteiger partial charge in [-0.2, -0.15) is 0 Å². The van der Waals surface area contributed by atoms with Gasteiger partial charge in [-0.25, -0.2) is 13.6 Å². The van der Waals surface area contributed by atoms with Gasteiger partial charge in [0, 0.05) is 35.4 Å². The van der Waals surface area contributed by atoms with Crippen LogP contribution in [0.4, 0.5) is 11.4 Å². The lowest BCUT2D eigenvalue weighted by atomic mass is 9.92. The van der Waals surface area contributed by atoms with E-state index in [1.54, 1.807) is 0 Å². The summed E-state index contributed by atoms with van der Waals surface area (Å²) in [5.74, 6) is -0.134. The summed E-state index contributed by atoms with van der Waals surface area (Å²) in [5.41, 5.74) is -0.109. The molecule has 1 fully saturated rings. The summed E-state index contributed by atoms with van der Waals surface area (Å²) in [6.07, 6.45) is 3.18. The number of hydrogen-bond donors (Lipinski definition) is 0. The molecule has 0 amide bonds. The molecule has 3 rings (SSSR count). The first-order valence-electron chi connectivity index (χ1n) is 10.4. The van der Waals surface area contributed by atoms with Gasteiger partial charge in [0.25, 0.3) is 20.4 Å². The van der Waals surface area contributed by atoms with E-state index in [9.17, 15) is 24.8 Å². The third kappa shape index (κ3) is 7.82. The zero-order chi connectivity index (χ0) is 27.6. The molecule has 0 bridgehead atoms. The minimum atomic E-state index is -5.02. The maximum atomic E-state index is 13.6. The number of phosphoric acid groups is 1. The van der Waals surface area contributed by atoms with Crippen LogP contribution in [0.3, 0.4) is 0 Å². The number of non-ortho nitro benzene ring substituents is 2. The maximum absolute atomic E-state index is 13.6. The Bertz CT molecular complexity index is 1210. The van der Waals surface area contributed by atoms with Crippen LogP contribution in [-0.4, -0.2) is 14.9 Å². The third-order valence-corrected chi connectivity index (χ3v) is 8.90. The largest absolute Gasteiger partial charge is 0.483 e. The first kappa shape index (κ1) is 30.6.